The van der Waals surface area contributed by atoms with E-state index in [2.05, 4.69) is 4.74 Å². The Hall–Kier alpha value is -1.96. The molecule has 0 aliphatic rings. The highest BCUT2D eigenvalue weighted by Crippen LogP contribution is 2.19. The number of hydrogen-bond acceptors (Lipinski definition) is 4. The van der Waals surface area contributed by atoms with Crippen LogP contribution in [-0.2, 0) is 9.53 Å². The SMILES string of the molecule is Nc1ccc(C(=O)OCC(=O)NCC(F)(F)F)c(Cl)c1. The van der Waals surface area contributed by atoms with Crippen molar-refractivity contribution in [1.29, 1.82) is 0 Å². The van der Waals surface area contributed by atoms with Gasteiger partial charge in [-0.25, -0.2) is 4.79 Å². The molecule has 0 aliphatic carbocycles. The lowest BCUT2D eigenvalue weighted by molar-refractivity contribution is -0.140. The van der Waals surface area contributed by atoms with Crippen LogP contribution in [0.2, 0.25) is 5.02 Å². The van der Waals surface area contributed by atoms with Crippen LogP contribution in [0.15, 0.2) is 18.2 Å². The molecule has 0 bridgehead atoms. The van der Waals surface area contributed by atoms with E-state index in [0.717, 1.165) is 0 Å². The average molecular weight is 311 g/mol. The van der Waals surface area contributed by atoms with Crippen molar-refractivity contribution in [3.05, 3.63) is 28.8 Å². The van der Waals surface area contributed by atoms with E-state index in [1.165, 1.54) is 18.2 Å². The van der Waals surface area contributed by atoms with Gasteiger partial charge in [0.1, 0.15) is 6.54 Å². The first-order valence-corrected chi connectivity index (χ1v) is 5.62. The maximum absolute atomic E-state index is 11.8. The molecule has 0 saturated carbocycles. The predicted molar refractivity (Wildman–Crippen MR) is 65.2 cm³/mol. The number of ether oxygens (including phenoxy) is 1. The van der Waals surface area contributed by atoms with Crippen LogP contribution in [0.25, 0.3) is 0 Å². The van der Waals surface area contributed by atoms with E-state index in [9.17, 15) is 22.8 Å². The molecule has 0 radical (unpaired) electrons. The summed E-state index contributed by atoms with van der Waals surface area (Å²) in [4.78, 5) is 22.6. The number of alkyl halides is 3. The van der Waals surface area contributed by atoms with Gasteiger partial charge in [0.2, 0.25) is 0 Å². The van der Waals surface area contributed by atoms with Gasteiger partial charge in [-0.15, -0.1) is 0 Å². The number of nitrogens with two attached hydrogens (primary N) is 1. The Morgan fingerprint density at radius 1 is 1.35 bits per heavy atom. The summed E-state index contributed by atoms with van der Waals surface area (Å²) < 4.78 is 40.0. The average Bonchev–Trinajstić information content (AvgIpc) is 2.32. The van der Waals surface area contributed by atoms with Crippen LogP contribution in [0.5, 0.6) is 0 Å². The van der Waals surface area contributed by atoms with Crippen LogP contribution in [-0.4, -0.2) is 31.2 Å². The van der Waals surface area contributed by atoms with Gasteiger partial charge in [-0.3, -0.25) is 4.79 Å². The number of carbonyl (C=O) groups excluding carboxylic acids is 2. The van der Waals surface area contributed by atoms with Gasteiger partial charge in [0.25, 0.3) is 5.91 Å². The minimum atomic E-state index is -4.53. The van der Waals surface area contributed by atoms with E-state index < -0.39 is 31.2 Å². The first-order valence-electron chi connectivity index (χ1n) is 5.24. The number of halogens is 4. The van der Waals surface area contributed by atoms with Crippen molar-refractivity contribution in [3.63, 3.8) is 0 Å². The molecule has 0 unspecified atom stereocenters. The van der Waals surface area contributed by atoms with E-state index in [1.807, 2.05) is 0 Å². The van der Waals surface area contributed by atoms with Crippen molar-refractivity contribution in [2.75, 3.05) is 18.9 Å². The van der Waals surface area contributed by atoms with Gasteiger partial charge < -0.3 is 15.8 Å². The van der Waals surface area contributed by atoms with Crippen LogP contribution < -0.4 is 11.1 Å². The van der Waals surface area contributed by atoms with Crippen LogP contribution in [0.4, 0.5) is 18.9 Å². The third kappa shape index (κ3) is 5.35. The highest BCUT2D eigenvalue weighted by Gasteiger charge is 2.27. The van der Waals surface area contributed by atoms with E-state index >= 15 is 0 Å². The lowest BCUT2D eigenvalue weighted by Crippen LogP contribution is -2.36. The molecule has 1 rings (SSSR count). The number of nitrogens with one attached hydrogen (secondary N) is 1. The zero-order chi connectivity index (χ0) is 15.3. The molecule has 1 aromatic rings. The van der Waals surface area contributed by atoms with Gasteiger partial charge in [-0.05, 0) is 18.2 Å². The highest BCUT2D eigenvalue weighted by molar-refractivity contribution is 6.33. The molecule has 0 atom stereocenters. The lowest BCUT2D eigenvalue weighted by Gasteiger charge is -2.09. The van der Waals surface area contributed by atoms with Gasteiger partial charge in [-0.1, -0.05) is 11.6 Å². The van der Waals surface area contributed by atoms with Gasteiger partial charge >= 0.3 is 12.1 Å². The normalized spacial score (nSPS) is 11.0. The Bertz CT molecular complexity index is 520. The number of esters is 1. The summed E-state index contributed by atoms with van der Waals surface area (Å²) in [6.07, 6.45) is -4.53. The lowest BCUT2D eigenvalue weighted by atomic mass is 10.2. The quantitative estimate of drug-likeness (QED) is 0.656. The number of benzene rings is 1. The van der Waals surface area contributed by atoms with Crippen LogP contribution >= 0.6 is 11.6 Å². The Morgan fingerprint density at radius 2 is 2.00 bits per heavy atom. The topological polar surface area (TPSA) is 81.4 Å². The van der Waals surface area contributed by atoms with Gasteiger partial charge in [-0.2, -0.15) is 13.2 Å². The number of carbonyl (C=O) groups is 2. The summed E-state index contributed by atoms with van der Waals surface area (Å²) in [5, 5.41) is 1.58. The predicted octanol–water partition coefficient (Wildman–Crippen LogP) is 1.76. The molecule has 110 valence electrons. The molecule has 3 N–H and O–H groups in total. The minimum Gasteiger partial charge on any atom is -0.452 e. The Morgan fingerprint density at radius 3 is 2.55 bits per heavy atom. The van der Waals surface area contributed by atoms with E-state index in [0.29, 0.717) is 5.69 Å². The highest BCUT2D eigenvalue weighted by atomic mass is 35.5. The molecule has 20 heavy (non-hydrogen) atoms. The van der Waals surface area contributed by atoms with Crippen molar-refractivity contribution < 1.29 is 27.5 Å². The Labute approximate surface area is 116 Å². The Kier molecular flexibility index (Phi) is 5.20. The molecule has 0 aromatic heterocycles. The Balaban J connectivity index is 2.49. The van der Waals surface area contributed by atoms with Gasteiger partial charge in [0.05, 0.1) is 10.6 Å². The monoisotopic (exact) mass is 310 g/mol. The van der Waals surface area contributed by atoms with Crippen molar-refractivity contribution in [1.82, 2.24) is 5.32 Å². The summed E-state index contributed by atoms with van der Waals surface area (Å²) in [7, 11) is 0. The number of hydrogen-bond donors (Lipinski definition) is 2. The third-order valence-electron chi connectivity index (χ3n) is 2.03. The number of rotatable bonds is 4. The summed E-state index contributed by atoms with van der Waals surface area (Å²) in [6, 6.07) is 3.99. The smallest absolute Gasteiger partial charge is 0.405 e. The molecule has 0 aliphatic heterocycles. The number of nitrogen functional groups attached to an aromatic ring is 1. The summed E-state index contributed by atoms with van der Waals surface area (Å²) >= 11 is 5.73. The summed E-state index contributed by atoms with van der Waals surface area (Å²) in [6.45, 7) is -2.33. The molecule has 0 heterocycles. The standard InChI is InChI=1S/C11H10ClF3N2O3/c12-8-3-6(16)1-2-7(8)10(19)20-4-9(18)17-5-11(13,14)15/h1-3H,4-5,16H2,(H,17,18). The van der Waals surface area contributed by atoms with Crippen LogP contribution in [0.3, 0.4) is 0 Å². The zero-order valence-corrected chi connectivity index (χ0v) is 10.7. The second-order valence-electron chi connectivity index (χ2n) is 3.71. The minimum absolute atomic E-state index is 0.0192. The largest absolute Gasteiger partial charge is 0.452 e. The second-order valence-corrected chi connectivity index (χ2v) is 4.11. The van der Waals surface area contributed by atoms with E-state index in [1.54, 1.807) is 5.32 Å². The molecule has 9 heteroatoms. The maximum Gasteiger partial charge on any atom is 0.405 e. The molecule has 0 fully saturated rings. The fourth-order valence-electron chi connectivity index (χ4n) is 1.16. The zero-order valence-electron chi connectivity index (χ0n) is 9.96. The molecular formula is C11H10ClF3N2O3. The van der Waals surface area contributed by atoms with E-state index in [4.69, 9.17) is 17.3 Å². The molecule has 1 aromatic carbocycles. The fourth-order valence-corrected chi connectivity index (χ4v) is 1.42. The first-order chi connectivity index (χ1) is 9.19. The molecular weight excluding hydrogens is 301 g/mol. The number of amides is 1. The molecule has 0 spiro atoms. The molecule has 5 nitrogen and oxygen atoms in total. The van der Waals surface area contributed by atoms with Crippen molar-refractivity contribution in [2.24, 2.45) is 0 Å². The van der Waals surface area contributed by atoms with Crippen molar-refractivity contribution in [3.8, 4) is 0 Å². The second kappa shape index (κ2) is 6.47. The van der Waals surface area contributed by atoms with E-state index in [-0.39, 0.29) is 10.6 Å². The summed E-state index contributed by atoms with van der Waals surface area (Å²) in [5.41, 5.74) is 5.71. The first kappa shape index (κ1) is 16.1. The summed E-state index contributed by atoms with van der Waals surface area (Å²) in [5.74, 6) is -2.00. The van der Waals surface area contributed by atoms with Crippen molar-refractivity contribution in [2.45, 2.75) is 6.18 Å². The van der Waals surface area contributed by atoms with Crippen molar-refractivity contribution >= 4 is 29.2 Å². The third-order valence-corrected chi connectivity index (χ3v) is 2.35. The molecule has 0 saturated heterocycles. The maximum atomic E-state index is 11.8. The van der Waals surface area contributed by atoms with Crippen LogP contribution in [0.1, 0.15) is 10.4 Å². The fraction of sp³-hybridized carbons (Fsp3) is 0.273. The number of anilines is 1. The van der Waals surface area contributed by atoms with Gasteiger partial charge in [0.15, 0.2) is 6.61 Å². The van der Waals surface area contributed by atoms with Gasteiger partial charge in [0, 0.05) is 5.69 Å². The van der Waals surface area contributed by atoms with Crippen LogP contribution in [0, 0.1) is 0 Å². The molecule has 1 amide bonds.